The molecule has 0 aromatic heterocycles. The summed E-state index contributed by atoms with van der Waals surface area (Å²) >= 11 is 0. The van der Waals surface area contributed by atoms with Crippen LogP contribution in [0.1, 0.15) is 36.8 Å². The Bertz CT molecular complexity index is 628. The number of likely N-dealkylation sites (tertiary alicyclic amines) is 1. The summed E-state index contributed by atoms with van der Waals surface area (Å²) in [6.45, 7) is 6.43. The van der Waals surface area contributed by atoms with Crippen molar-refractivity contribution >= 4 is 5.97 Å². The maximum Gasteiger partial charge on any atom is 0.313 e. The number of ether oxygens (including phenoxy) is 1. The molecule has 3 rings (SSSR count). The zero-order valence-electron chi connectivity index (χ0n) is 15.2. The van der Waals surface area contributed by atoms with Crippen molar-refractivity contribution in [1.29, 1.82) is 0 Å². The Morgan fingerprint density at radius 2 is 2.08 bits per heavy atom. The van der Waals surface area contributed by atoms with Crippen molar-refractivity contribution in [3.8, 4) is 5.75 Å². The van der Waals surface area contributed by atoms with Crippen molar-refractivity contribution in [3.05, 3.63) is 29.3 Å². The molecule has 0 bridgehead atoms. The first-order valence-electron chi connectivity index (χ1n) is 9.24. The quantitative estimate of drug-likeness (QED) is 0.793. The van der Waals surface area contributed by atoms with Crippen LogP contribution in [0.3, 0.4) is 0 Å². The van der Waals surface area contributed by atoms with Crippen molar-refractivity contribution in [2.75, 3.05) is 26.2 Å². The van der Waals surface area contributed by atoms with Gasteiger partial charge in [0, 0.05) is 19.6 Å². The molecular weight excluding hydrogens is 318 g/mol. The van der Waals surface area contributed by atoms with Crippen molar-refractivity contribution in [1.82, 2.24) is 4.90 Å². The van der Waals surface area contributed by atoms with Gasteiger partial charge in [-0.05, 0) is 44.2 Å². The predicted molar refractivity (Wildman–Crippen MR) is 95.9 cm³/mol. The van der Waals surface area contributed by atoms with Gasteiger partial charge in [-0.2, -0.15) is 0 Å². The van der Waals surface area contributed by atoms with Gasteiger partial charge in [0.1, 0.15) is 17.8 Å². The van der Waals surface area contributed by atoms with E-state index >= 15 is 0 Å². The topological polar surface area (TPSA) is 70.0 Å². The van der Waals surface area contributed by atoms with E-state index in [1.165, 1.54) is 5.56 Å². The first-order chi connectivity index (χ1) is 11.9. The third kappa shape index (κ3) is 4.15. The highest BCUT2D eigenvalue weighted by molar-refractivity contribution is 5.76. The van der Waals surface area contributed by atoms with Gasteiger partial charge < -0.3 is 14.9 Å². The highest BCUT2D eigenvalue weighted by Gasteiger charge is 2.51. The molecule has 2 fully saturated rings. The van der Waals surface area contributed by atoms with Crippen molar-refractivity contribution in [2.45, 2.75) is 45.6 Å². The molecule has 138 valence electrons. The van der Waals surface area contributed by atoms with E-state index in [4.69, 9.17) is 4.74 Å². The summed E-state index contributed by atoms with van der Waals surface area (Å²) in [5, 5.41) is 20.2. The molecule has 0 spiro atoms. The average molecular weight is 347 g/mol. The van der Waals surface area contributed by atoms with Crippen molar-refractivity contribution in [2.24, 2.45) is 11.3 Å². The fourth-order valence-corrected chi connectivity index (χ4v) is 3.94. The lowest BCUT2D eigenvalue weighted by Crippen LogP contribution is -2.56. The first kappa shape index (κ1) is 18.2. The molecule has 25 heavy (non-hydrogen) atoms. The Morgan fingerprint density at radius 1 is 1.32 bits per heavy atom. The van der Waals surface area contributed by atoms with E-state index < -0.39 is 17.5 Å². The van der Waals surface area contributed by atoms with E-state index in [0.29, 0.717) is 38.5 Å². The fourth-order valence-electron chi connectivity index (χ4n) is 3.94. The molecule has 1 aromatic rings. The Labute approximate surface area is 149 Å². The van der Waals surface area contributed by atoms with Crippen LogP contribution < -0.4 is 4.74 Å². The molecule has 1 aromatic carbocycles. The monoisotopic (exact) mass is 347 g/mol. The third-order valence-corrected chi connectivity index (χ3v) is 5.63. The lowest BCUT2D eigenvalue weighted by atomic mass is 9.73. The maximum absolute atomic E-state index is 11.9. The second-order valence-corrected chi connectivity index (χ2v) is 7.81. The highest BCUT2D eigenvalue weighted by atomic mass is 16.5. The van der Waals surface area contributed by atoms with Crippen molar-refractivity contribution < 1.29 is 19.7 Å². The standard InChI is InChI=1S/C20H29NO4/c1-14-3-6-17(15(2)11-14)25-10-9-21-8-7-18(22)20(13-21,19(23)24)12-16-4-5-16/h3,6,11,16,18,22H,4-5,7-10,12-13H2,1-2H3,(H,23,24)/t18-,20+/m1/s1. The van der Waals surface area contributed by atoms with Crippen molar-refractivity contribution in [3.63, 3.8) is 0 Å². The molecule has 1 saturated carbocycles. The molecule has 1 aliphatic carbocycles. The van der Waals surface area contributed by atoms with Crippen LogP contribution in [0, 0.1) is 25.2 Å². The number of hydrogen-bond donors (Lipinski definition) is 2. The summed E-state index contributed by atoms with van der Waals surface area (Å²) in [5.74, 6) is 0.495. The van der Waals surface area contributed by atoms with Crippen LogP contribution >= 0.6 is 0 Å². The number of carboxylic acid groups (broad SMARTS) is 1. The molecule has 0 amide bonds. The second-order valence-electron chi connectivity index (χ2n) is 7.81. The van der Waals surface area contributed by atoms with E-state index in [-0.39, 0.29) is 0 Å². The minimum Gasteiger partial charge on any atom is -0.492 e. The number of aliphatic hydroxyl groups is 1. The minimum atomic E-state index is -1.01. The van der Waals surface area contributed by atoms with Crippen LogP contribution in [-0.2, 0) is 4.79 Å². The number of piperidine rings is 1. The summed E-state index contributed by atoms with van der Waals surface area (Å²) in [6.07, 6.45) is 2.55. The molecule has 2 atom stereocenters. The number of carboxylic acids is 1. The zero-order chi connectivity index (χ0) is 18.0. The number of benzene rings is 1. The fraction of sp³-hybridized carbons (Fsp3) is 0.650. The van der Waals surface area contributed by atoms with Crippen LogP contribution in [0.5, 0.6) is 5.75 Å². The number of rotatable bonds is 7. The van der Waals surface area contributed by atoms with Gasteiger partial charge in [-0.25, -0.2) is 0 Å². The Hall–Kier alpha value is -1.59. The molecule has 5 heteroatoms. The van der Waals surface area contributed by atoms with Gasteiger partial charge in [-0.1, -0.05) is 30.5 Å². The van der Waals surface area contributed by atoms with Gasteiger partial charge in [-0.15, -0.1) is 0 Å². The smallest absolute Gasteiger partial charge is 0.313 e. The van der Waals surface area contributed by atoms with Gasteiger partial charge in [-0.3, -0.25) is 9.69 Å². The lowest BCUT2D eigenvalue weighted by molar-refractivity contribution is -0.165. The molecule has 0 unspecified atom stereocenters. The summed E-state index contributed by atoms with van der Waals surface area (Å²) in [7, 11) is 0. The van der Waals surface area contributed by atoms with Crippen LogP contribution in [0.25, 0.3) is 0 Å². The second kappa shape index (κ2) is 7.34. The van der Waals surface area contributed by atoms with Gasteiger partial charge >= 0.3 is 5.97 Å². The number of hydrogen-bond acceptors (Lipinski definition) is 4. The number of carbonyl (C=O) groups is 1. The van der Waals surface area contributed by atoms with Crippen LogP contribution in [0.15, 0.2) is 18.2 Å². The van der Waals surface area contributed by atoms with Crippen LogP contribution in [-0.4, -0.2) is 53.4 Å². The maximum atomic E-state index is 11.9. The SMILES string of the molecule is Cc1ccc(OCCN2CC[C@@H](O)[C@@](CC3CC3)(C(=O)O)C2)c(C)c1. The summed E-state index contributed by atoms with van der Waals surface area (Å²) in [4.78, 5) is 14.1. The van der Waals surface area contributed by atoms with Crippen LogP contribution in [0.2, 0.25) is 0 Å². The number of aliphatic carboxylic acids is 1. The largest absolute Gasteiger partial charge is 0.492 e. The summed E-state index contributed by atoms with van der Waals surface area (Å²) in [6, 6.07) is 6.11. The van der Waals surface area contributed by atoms with E-state index in [1.807, 2.05) is 19.1 Å². The van der Waals surface area contributed by atoms with Gasteiger partial charge in [0.15, 0.2) is 0 Å². The number of nitrogens with zero attached hydrogens (tertiary/aromatic N) is 1. The predicted octanol–water partition coefficient (Wildman–Crippen LogP) is 2.62. The van der Waals surface area contributed by atoms with E-state index in [2.05, 4.69) is 17.9 Å². The van der Waals surface area contributed by atoms with E-state index in [0.717, 1.165) is 30.7 Å². The Balaban J connectivity index is 1.58. The normalized spacial score (nSPS) is 27.2. The highest BCUT2D eigenvalue weighted by Crippen LogP contribution is 2.45. The molecule has 1 saturated heterocycles. The lowest BCUT2D eigenvalue weighted by Gasteiger charge is -2.43. The number of aliphatic hydroxyl groups excluding tert-OH is 1. The molecule has 0 radical (unpaired) electrons. The summed E-state index contributed by atoms with van der Waals surface area (Å²) in [5.41, 5.74) is 1.31. The summed E-state index contributed by atoms with van der Waals surface area (Å²) < 4.78 is 5.89. The molecule has 5 nitrogen and oxygen atoms in total. The molecule has 2 N–H and O–H groups in total. The van der Waals surface area contributed by atoms with Gasteiger partial charge in [0.2, 0.25) is 0 Å². The van der Waals surface area contributed by atoms with E-state index in [1.54, 1.807) is 0 Å². The van der Waals surface area contributed by atoms with E-state index in [9.17, 15) is 15.0 Å². The molecule has 1 aliphatic heterocycles. The molecule has 1 heterocycles. The van der Waals surface area contributed by atoms with Crippen LogP contribution in [0.4, 0.5) is 0 Å². The zero-order valence-corrected chi connectivity index (χ0v) is 15.2. The van der Waals surface area contributed by atoms with Gasteiger partial charge in [0.05, 0.1) is 6.10 Å². The Morgan fingerprint density at radius 3 is 2.72 bits per heavy atom. The minimum absolute atomic E-state index is 0.413. The van der Waals surface area contributed by atoms with Gasteiger partial charge in [0.25, 0.3) is 0 Å². The first-order valence-corrected chi connectivity index (χ1v) is 9.24. The average Bonchev–Trinajstić information content (AvgIpc) is 3.36. The molecule has 2 aliphatic rings. The molecular formula is C20H29NO4. The Kier molecular flexibility index (Phi) is 5.35. The number of aryl methyl sites for hydroxylation is 2. The third-order valence-electron chi connectivity index (χ3n) is 5.63.